The molecule has 0 aromatic carbocycles. The van der Waals surface area contributed by atoms with Crippen molar-refractivity contribution in [3.05, 3.63) is 12.3 Å². The Balaban J connectivity index is 3.78. The van der Waals surface area contributed by atoms with E-state index < -0.39 is 0 Å². The van der Waals surface area contributed by atoms with Crippen molar-refractivity contribution in [2.24, 2.45) is 5.41 Å². The molecule has 0 aliphatic rings. The molecule has 0 aliphatic carbocycles. The van der Waals surface area contributed by atoms with Crippen LogP contribution in [0.1, 0.15) is 40.0 Å². The highest BCUT2D eigenvalue weighted by molar-refractivity contribution is 7.98. The van der Waals surface area contributed by atoms with Crippen LogP contribution in [0.4, 0.5) is 0 Å². The van der Waals surface area contributed by atoms with Crippen molar-refractivity contribution in [1.82, 2.24) is 10.6 Å². The third-order valence-corrected chi connectivity index (χ3v) is 3.06. The minimum Gasteiger partial charge on any atom is -0.351 e. The van der Waals surface area contributed by atoms with Crippen molar-refractivity contribution < 1.29 is 9.59 Å². The van der Waals surface area contributed by atoms with Crippen LogP contribution in [0, 0.1) is 5.41 Å². The summed E-state index contributed by atoms with van der Waals surface area (Å²) in [6, 6.07) is 0. The zero-order valence-corrected chi connectivity index (χ0v) is 13.3. The molecule has 0 fully saturated rings. The highest BCUT2D eigenvalue weighted by Gasteiger charge is 2.12. The zero-order chi connectivity index (χ0) is 14.9. The Morgan fingerprint density at radius 3 is 2.32 bits per heavy atom. The molecule has 0 atom stereocenters. The van der Waals surface area contributed by atoms with Gasteiger partial charge in [0.05, 0.1) is 6.54 Å². The Labute approximate surface area is 120 Å². The predicted molar refractivity (Wildman–Crippen MR) is 82.0 cm³/mol. The van der Waals surface area contributed by atoms with E-state index in [9.17, 15) is 9.59 Å². The maximum absolute atomic E-state index is 11.6. The van der Waals surface area contributed by atoms with Gasteiger partial charge in [0, 0.05) is 24.3 Å². The van der Waals surface area contributed by atoms with Crippen LogP contribution in [-0.2, 0) is 9.59 Å². The maximum Gasteiger partial charge on any atom is 0.224 e. The summed E-state index contributed by atoms with van der Waals surface area (Å²) in [5.74, 6) is 0.731. The van der Waals surface area contributed by atoms with E-state index in [1.165, 1.54) is 0 Å². The summed E-state index contributed by atoms with van der Waals surface area (Å²) in [5.41, 5.74) is 0.690. The van der Waals surface area contributed by atoms with Crippen molar-refractivity contribution in [2.45, 2.75) is 40.0 Å². The largest absolute Gasteiger partial charge is 0.351 e. The zero-order valence-electron chi connectivity index (χ0n) is 12.5. The highest BCUT2D eigenvalue weighted by atomic mass is 32.2. The second kappa shape index (κ2) is 9.02. The van der Waals surface area contributed by atoms with E-state index in [0.717, 1.165) is 12.2 Å². The van der Waals surface area contributed by atoms with E-state index in [1.54, 1.807) is 11.8 Å². The Kier molecular flexibility index (Phi) is 8.56. The molecule has 2 N–H and O–H groups in total. The predicted octanol–water partition coefficient (Wildman–Crippen LogP) is 2.31. The Morgan fingerprint density at radius 2 is 1.79 bits per heavy atom. The lowest BCUT2D eigenvalue weighted by molar-refractivity contribution is -0.122. The SMILES string of the molecule is C=C(CNC(=O)CCC(C)(C)C)NC(=O)CCSC. The number of carbonyl (C=O) groups excluding carboxylic acids is 2. The van der Waals surface area contributed by atoms with Gasteiger partial charge in [-0.15, -0.1) is 0 Å². The van der Waals surface area contributed by atoms with E-state index in [4.69, 9.17) is 0 Å². The molecule has 0 aromatic heterocycles. The van der Waals surface area contributed by atoms with Gasteiger partial charge in [-0.2, -0.15) is 11.8 Å². The molecular formula is C14H26N2O2S. The third-order valence-electron chi connectivity index (χ3n) is 2.45. The van der Waals surface area contributed by atoms with Crippen molar-refractivity contribution in [3.63, 3.8) is 0 Å². The molecule has 0 bridgehead atoms. The quantitative estimate of drug-likeness (QED) is 0.720. The Morgan fingerprint density at radius 1 is 1.16 bits per heavy atom. The molecule has 0 rings (SSSR count). The molecule has 0 saturated heterocycles. The van der Waals surface area contributed by atoms with Crippen molar-refractivity contribution >= 4 is 23.6 Å². The average Bonchev–Trinajstić information content (AvgIpc) is 2.30. The summed E-state index contributed by atoms with van der Waals surface area (Å²) >= 11 is 1.62. The molecule has 0 aromatic rings. The smallest absolute Gasteiger partial charge is 0.224 e. The van der Waals surface area contributed by atoms with Gasteiger partial charge in [0.25, 0.3) is 0 Å². The second-order valence-electron chi connectivity index (χ2n) is 5.73. The number of hydrogen-bond donors (Lipinski definition) is 2. The maximum atomic E-state index is 11.6. The second-order valence-corrected chi connectivity index (χ2v) is 6.72. The lowest BCUT2D eigenvalue weighted by Crippen LogP contribution is -2.32. The van der Waals surface area contributed by atoms with Crippen molar-refractivity contribution in [1.29, 1.82) is 0 Å². The number of carbonyl (C=O) groups is 2. The van der Waals surface area contributed by atoms with Crippen LogP contribution in [0.25, 0.3) is 0 Å². The van der Waals surface area contributed by atoms with Gasteiger partial charge in [-0.05, 0) is 18.1 Å². The fourth-order valence-electron chi connectivity index (χ4n) is 1.28. The minimum atomic E-state index is -0.0525. The summed E-state index contributed by atoms with van der Waals surface area (Å²) < 4.78 is 0. The van der Waals surface area contributed by atoms with Gasteiger partial charge in [-0.3, -0.25) is 9.59 Å². The van der Waals surface area contributed by atoms with Crippen LogP contribution in [0.2, 0.25) is 0 Å². The number of amides is 2. The standard InChI is InChI=1S/C14H26N2O2S/c1-11(16-13(18)7-9-19-5)10-15-12(17)6-8-14(2,3)4/h1,6-10H2,2-5H3,(H,15,17)(H,16,18). The number of hydrogen-bond acceptors (Lipinski definition) is 3. The highest BCUT2D eigenvalue weighted by Crippen LogP contribution is 2.20. The van der Waals surface area contributed by atoms with E-state index in [1.807, 2.05) is 6.26 Å². The van der Waals surface area contributed by atoms with Gasteiger partial charge in [0.1, 0.15) is 0 Å². The van der Waals surface area contributed by atoms with Gasteiger partial charge in [0.2, 0.25) is 11.8 Å². The molecule has 0 saturated carbocycles. The lowest BCUT2D eigenvalue weighted by Gasteiger charge is -2.17. The molecule has 110 valence electrons. The van der Waals surface area contributed by atoms with Crippen LogP contribution < -0.4 is 10.6 Å². The molecule has 0 unspecified atom stereocenters. The summed E-state index contributed by atoms with van der Waals surface area (Å²) in [5, 5.41) is 5.44. The summed E-state index contributed by atoms with van der Waals surface area (Å²) in [4.78, 5) is 23.0. The first-order valence-electron chi connectivity index (χ1n) is 6.48. The number of rotatable bonds is 8. The third kappa shape index (κ3) is 11.8. The van der Waals surface area contributed by atoms with Gasteiger partial charge in [-0.1, -0.05) is 27.4 Å². The first-order chi connectivity index (χ1) is 8.74. The van der Waals surface area contributed by atoms with Crippen LogP contribution in [-0.4, -0.2) is 30.4 Å². The first kappa shape index (κ1) is 18.0. The Bertz CT molecular complexity index is 322. The minimum absolute atomic E-state index is 0.00515. The fraction of sp³-hybridized carbons (Fsp3) is 0.714. The molecule has 2 amide bonds. The van der Waals surface area contributed by atoms with Gasteiger partial charge in [-0.25, -0.2) is 0 Å². The van der Waals surface area contributed by atoms with E-state index in [0.29, 0.717) is 25.1 Å². The van der Waals surface area contributed by atoms with Crippen LogP contribution in [0.3, 0.4) is 0 Å². The molecule has 0 aliphatic heterocycles. The van der Waals surface area contributed by atoms with Gasteiger partial charge in [0.15, 0.2) is 0 Å². The normalized spacial score (nSPS) is 10.9. The molecule has 0 spiro atoms. The molecular weight excluding hydrogens is 260 g/mol. The summed E-state index contributed by atoms with van der Waals surface area (Å²) in [6.45, 7) is 10.3. The first-order valence-corrected chi connectivity index (χ1v) is 7.87. The molecule has 19 heavy (non-hydrogen) atoms. The van der Waals surface area contributed by atoms with Crippen LogP contribution in [0.5, 0.6) is 0 Å². The number of nitrogens with one attached hydrogen (secondary N) is 2. The van der Waals surface area contributed by atoms with Crippen molar-refractivity contribution in [3.8, 4) is 0 Å². The molecule has 0 radical (unpaired) electrons. The monoisotopic (exact) mass is 286 g/mol. The topological polar surface area (TPSA) is 58.2 Å². The molecule has 4 nitrogen and oxygen atoms in total. The van der Waals surface area contributed by atoms with Crippen LogP contribution in [0.15, 0.2) is 12.3 Å². The van der Waals surface area contributed by atoms with Crippen LogP contribution >= 0.6 is 11.8 Å². The lowest BCUT2D eigenvalue weighted by atomic mass is 9.90. The van der Waals surface area contributed by atoms with Gasteiger partial charge < -0.3 is 10.6 Å². The average molecular weight is 286 g/mol. The number of thioether (sulfide) groups is 1. The Hall–Kier alpha value is -0.970. The molecule has 5 heteroatoms. The van der Waals surface area contributed by atoms with Crippen molar-refractivity contribution in [2.75, 3.05) is 18.6 Å². The summed E-state index contributed by atoms with van der Waals surface area (Å²) in [6.07, 6.45) is 3.76. The van der Waals surface area contributed by atoms with E-state index >= 15 is 0 Å². The fourth-order valence-corrected chi connectivity index (χ4v) is 1.67. The van der Waals surface area contributed by atoms with E-state index in [2.05, 4.69) is 38.0 Å². The van der Waals surface area contributed by atoms with E-state index in [-0.39, 0.29) is 17.2 Å². The van der Waals surface area contributed by atoms with Gasteiger partial charge >= 0.3 is 0 Å². The summed E-state index contributed by atoms with van der Waals surface area (Å²) in [7, 11) is 0. The molecule has 0 heterocycles.